The molecule has 0 bridgehead atoms. The van der Waals surface area contributed by atoms with Gasteiger partial charge in [-0.1, -0.05) is 13.8 Å². The largest absolute Gasteiger partial charge is 0.435 e. The number of nitrogens with one attached hydrogen (secondary N) is 1. The zero-order chi connectivity index (χ0) is 14.1. The molecule has 3 nitrogen and oxygen atoms in total. The lowest BCUT2D eigenvalue weighted by atomic mass is 9.94. The third kappa shape index (κ3) is 3.81. The summed E-state index contributed by atoms with van der Waals surface area (Å²) in [6.07, 6.45) is -0.951. The fraction of sp³-hybridized carbons (Fsp3) is 0.692. The van der Waals surface area contributed by atoms with Crippen LogP contribution < -0.4 is 5.32 Å². The van der Waals surface area contributed by atoms with Gasteiger partial charge in [-0.15, -0.1) is 10.2 Å². The summed E-state index contributed by atoms with van der Waals surface area (Å²) < 4.78 is 37.0. The molecule has 1 heterocycles. The molecular weight excluding hydrogens is 255 g/mol. The van der Waals surface area contributed by atoms with E-state index in [9.17, 15) is 13.2 Å². The minimum absolute atomic E-state index is 0.304. The third-order valence-electron chi connectivity index (χ3n) is 3.40. The molecule has 1 saturated carbocycles. The molecule has 1 aromatic rings. The van der Waals surface area contributed by atoms with Crippen LogP contribution in [0.4, 0.5) is 19.0 Å². The first-order valence-electron chi connectivity index (χ1n) is 6.46. The maximum atomic E-state index is 12.3. The zero-order valence-corrected chi connectivity index (χ0v) is 11.1. The Labute approximate surface area is 110 Å². The van der Waals surface area contributed by atoms with Gasteiger partial charge < -0.3 is 5.32 Å². The average molecular weight is 273 g/mol. The molecule has 0 spiro atoms. The second-order valence-electron chi connectivity index (χ2n) is 5.75. The fourth-order valence-corrected chi connectivity index (χ4v) is 2.35. The Hall–Kier alpha value is -1.33. The highest BCUT2D eigenvalue weighted by Gasteiger charge is 2.42. The van der Waals surface area contributed by atoms with Gasteiger partial charge in [0.2, 0.25) is 0 Å². The van der Waals surface area contributed by atoms with Crippen LogP contribution in [0.2, 0.25) is 0 Å². The van der Waals surface area contributed by atoms with Crippen molar-refractivity contribution in [1.29, 1.82) is 0 Å². The highest BCUT2D eigenvalue weighted by atomic mass is 19.4. The number of hydrogen-bond acceptors (Lipinski definition) is 3. The maximum Gasteiger partial charge on any atom is 0.435 e. The predicted molar refractivity (Wildman–Crippen MR) is 66.6 cm³/mol. The van der Waals surface area contributed by atoms with E-state index in [2.05, 4.69) is 29.4 Å². The lowest BCUT2D eigenvalue weighted by Gasteiger charge is -2.18. The molecule has 106 valence electrons. The first-order valence-corrected chi connectivity index (χ1v) is 6.46. The van der Waals surface area contributed by atoms with Crippen molar-refractivity contribution in [3.8, 4) is 0 Å². The lowest BCUT2D eigenvalue weighted by Crippen LogP contribution is -2.18. The first kappa shape index (κ1) is 14.1. The number of anilines is 1. The van der Waals surface area contributed by atoms with Crippen LogP contribution in [-0.2, 0) is 6.18 Å². The van der Waals surface area contributed by atoms with Gasteiger partial charge in [-0.05, 0) is 42.7 Å². The Morgan fingerprint density at radius 3 is 2.37 bits per heavy atom. The lowest BCUT2D eigenvalue weighted by molar-refractivity contribution is -0.141. The van der Waals surface area contributed by atoms with E-state index in [0.717, 1.165) is 19.0 Å². The van der Waals surface area contributed by atoms with E-state index < -0.39 is 11.9 Å². The summed E-state index contributed by atoms with van der Waals surface area (Å²) in [5, 5.41) is 9.86. The Morgan fingerprint density at radius 1 is 1.26 bits per heavy atom. The van der Waals surface area contributed by atoms with Crippen molar-refractivity contribution in [2.45, 2.75) is 39.3 Å². The molecule has 0 aliphatic heterocycles. The summed E-state index contributed by atoms with van der Waals surface area (Å²) in [5.41, 5.74) is -0.653. The Morgan fingerprint density at radius 2 is 1.95 bits per heavy atom. The van der Waals surface area contributed by atoms with Gasteiger partial charge in [-0.3, -0.25) is 0 Å². The highest BCUT2D eigenvalue weighted by molar-refractivity contribution is 5.34. The van der Waals surface area contributed by atoms with Crippen LogP contribution in [0, 0.1) is 11.3 Å². The molecule has 1 aliphatic rings. The molecule has 1 N–H and O–H groups in total. The molecule has 0 atom stereocenters. The summed E-state index contributed by atoms with van der Waals surface area (Å²) in [5.74, 6) is 1.03. The molecule has 0 aromatic carbocycles. The highest BCUT2D eigenvalue weighted by Crippen LogP contribution is 2.50. The average Bonchev–Trinajstić information content (AvgIpc) is 3.05. The molecule has 2 rings (SSSR count). The van der Waals surface area contributed by atoms with Crippen molar-refractivity contribution in [2.75, 3.05) is 11.9 Å². The number of halogens is 3. The molecular formula is C13H18F3N3. The van der Waals surface area contributed by atoms with Gasteiger partial charge in [0.15, 0.2) is 5.69 Å². The molecule has 1 aromatic heterocycles. The quantitative estimate of drug-likeness (QED) is 0.888. The number of hydrogen-bond donors (Lipinski definition) is 1. The molecule has 0 unspecified atom stereocenters. The second-order valence-corrected chi connectivity index (χ2v) is 5.75. The van der Waals surface area contributed by atoms with E-state index in [-0.39, 0.29) is 0 Å². The molecule has 6 heteroatoms. The SMILES string of the molecule is CC(C)CC1(CNc2ccc(C(F)(F)F)nn2)CC1. The monoisotopic (exact) mass is 273 g/mol. The van der Waals surface area contributed by atoms with E-state index in [1.54, 1.807) is 0 Å². The zero-order valence-electron chi connectivity index (χ0n) is 11.1. The predicted octanol–water partition coefficient (Wildman–Crippen LogP) is 3.73. The Bertz CT molecular complexity index is 422. The van der Waals surface area contributed by atoms with Crippen LogP contribution in [0.3, 0.4) is 0 Å². The van der Waals surface area contributed by atoms with E-state index in [0.29, 0.717) is 17.2 Å². The molecule has 0 radical (unpaired) electrons. The smallest absolute Gasteiger partial charge is 0.368 e. The summed E-state index contributed by atoms with van der Waals surface area (Å²) in [6, 6.07) is 2.29. The molecule has 1 aliphatic carbocycles. The van der Waals surface area contributed by atoms with Gasteiger partial charge >= 0.3 is 6.18 Å². The maximum absolute atomic E-state index is 12.3. The molecule has 0 amide bonds. The van der Waals surface area contributed by atoms with Crippen LogP contribution in [0.15, 0.2) is 12.1 Å². The number of alkyl halides is 3. The second kappa shape index (κ2) is 4.98. The van der Waals surface area contributed by atoms with Gasteiger partial charge in [0, 0.05) is 6.54 Å². The standard InChI is InChI=1S/C13H18F3N3/c1-9(2)7-12(5-6-12)8-17-11-4-3-10(18-19-11)13(14,15)16/h3-4,9H,5-8H2,1-2H3,(H,17,19). The van der Waals surface area contributed by atoms with Crippen molar-refractivity contribution < 1.29 is 13.2 Å². The van der Waals surface area contributed by atoms with Crippen molar-refractivity contribution in [2.24, 2.45) is 11.3 Å². The third-order valence-corrected chi connectivity index (χ3v) is 3.40. The van der Waals surface area contributed by atoms with Crippen molar-refractivity contribution >= 4 is 5.82 Å². The molecule has 19 heavy (non-hydrogen) atoms. The summed E-state index contributed by atoms with van der Waals surface area (Å²) in [7, 11) is 0. The van der Waals surface area contributed by atoms with E-state index >= 15 is 0 Å². The van der Waals surface area contributed by atoms with Crippen LogP contribution in [-0.4, -0.2) is 16.7 Å². The van der Waals surface area contributed by atoms with Gasteiger partial charge in [-0.25, -0.2) is 0 Å². The van der Waals surface area contributed by atoms with Crippen LogP contribution in [0.1, 0.15) is 38.8 Å². The first-order chi connectivity index (χ1) is 8.81. The van der Waals surface area contributed by atoms with Crippen molar-refractivity contribution in [3.63, 3.8) is 0 Å². The number of rotatable bonds is 5. The minimum atomic E-state index is -4.43. The molecule has 1 fully saturated rings. The number of nitrogens with zero attached hydrogens (tertiary/aromatic N) is 2. The Kier molecular flexibility index (Phi) is 3.69. The van der Waals surface area contributed by atoms with E-state index in [1.807, 2.05) is 0 Å². The van der Waals surface area contributed by atoms with E-state index in [4.69, 9.17) is 0 Å². The van der Waals surface area contributed by atoms with Gasteiger partial charge in [0.1, 0.15) is 5.82 Å². The summed E-state index contributed by atoms with van der Waals surface area (Å²) >= 11 is 0. The fourth-order valence-electron chi connectivity index (χ4n) is 2.35. The topological polar surface area (TPSA) is 37.8 Å². The Balaban J connectivity index is 1.90. The van der Waals surface area contributed by atoms with Gasteiger partial charge in [-0.2, -0.15) is 13.2 Å². The van der Waals surface area contributed by atoms with Crippen molar-refractivity contribution in [3.05, 3.63) is 17.8 Å². The molecule has 0 saturated heterocycles. The van der Waals surface area contributed by atoms with Gasteiger partial charge in [0.25, 0.3) is 0 Å². The minimum Gasteiger partial charge on any atom is -0.368 e. The van der Waals surface area contributed by atoms with E-state index in [1.165, 1.54) is 18.9 Å². The van der Waals surface area contributed by atoms with Crippen LogP contribution in [0.25, 0.3) is 0 Å². The van der Waals surface area contributed by atoms with Crippen molar-refractivity contribution in [1.82, 2.24) is 10.2 Å². The summed E-state index contributed by atoms with van der Waals surface area (Å²) in [4.78, 5) is 0. The number of aromatic nitrogens is 2. The normalized spacial score (nSPS) is 17.6. The van der Waals surface area contributed by atoms with Crippen LogP contribution in [0.5, 0.6) is 0 Å². The van der Waals surface area contributed by atoms with Gasteiger partial charge in [0.05, 0.1) is 0 Å². The van der Waals surface area contributed by atoms with Crippen LogP contribution >= 0.6 is 0 Å². The summed E-state index contributed by atoms with van der Waals surface area (Å²) in [6.45, 7) is 5.11.